The van der Waals surface area contributed by atoms with Gasteiger partial charge in [0.1, 0.15) is 11.5 Å². The van der Waals surface area contributed by atoms with Gasteiger partial charge in [0.15, 0.2) is 11.5 Å². The van der Waals surface area contributed by atoms with Gasteiger partial charge in [0.2, 0.25) is 0 Å². The second-order valence-electron chi connectivity index (χ2n) is 4.19. The number of phenolic OH excluding ortho intramolecular Hbond substituents is 2. The summed E-state index contributed by atoms with van der Waals surface area (Å²) in [5, 5.41) is 18.9. The van der Waals surface area contributed by atoms with Crippen LogP contribution in [0.25, 0.3) is 12.2 Å². The predicted octanol–water partition coefficient (Wildman–Crippen LogP) is 3.29. The molecule has 0 spiro atoms. The van der Waals surface area contributed by atoms with Crippen molar-refractivity contribution in [1.29, 1.82) is 0 Å². The highest BCUT2D eigenvalue weighted by molar-refractivity contribution is 5.74. The van der Waals surface area contributed by atoms with Crippen molar-refractivity contribution in [3.8, 4) is 23.0 Å². The first-order chi connectivity index (χ1) is 9.63. The Morgan fingerprint density at radius 1 is 0.850 bits per heavy atom. The number of hydrogen-bond acceptors (Lipinski definition) is 4. The van der Waals surface area contributed by atoms with Crippen molar-refractivity contribution in [3.63, 3.8) is 0 Å². The summed E-state index contributed by atoms with van der Waals surface area (Å²) in [6, 6.07) is 10.0. The third-order valence-corrected chi connectivity index (χ3v) is 2.88. The van der Waals surface area contributed by atoms with Gasteiger partial charge in [-0.15, -0.1) is 0 Å². The third kappa shape index (κ3) is 3.03. The number of ether oxygens (including phenoxy) is 2. The standard InChI is InChI=1S/C16H16O4/c1-19-15-10-13(17)7-6-12(15)5-3-11-4-8-14(18)16(9-11)20-2/h3-10,17-18H,1-2H3. The smallest absolute Gasteiger partial charge is 0.161 e. The zero-order chi connectivity index (χ0) is 14.5. The quantitative estimate of drug-likeness (QED) is 0.838. The van der Waals surface area contributed by atoms with Crippen molar-refractivity contribution in [2.24, 2.45) is 0 Å². The van der Waals surface area contributed by atoms with E-state index in [1.807, 2.05) is 12.2 Å². The highest BCUT2D eigenvalue weighted by atomic mass is 16.5. The van der Waals surface area contributed by atoms with Crippen LogP contribution in [-0.4, -0.2) is 24.4 Å². The van der Waals surface area contributed by atoms with Gasteiger partial charge >= 0.3 is 0 Å². The monoisotopic (exact) mass is 272 g/mol. The molecule has 0 atom stereocenters. The first kappa shape index (κ1) is 13.8. The summed E-state index contributed by atoms with van der Waals surface area (Å²) in [6.07, 6.45) is 3.74. The lowest BCUT2D eigenvalue weighted by atomic mass is 10.1. The van der Waals surface area contributed by atoms with Crippen LogP contribution in [0.2, 0.25) is 0 Å². The van der Waals surface area contributed by atoms with E-state index in [0.29, 0.717) is 11.5 Å². The summed E-state index contributed by atoms with van der Waals surface area (Å²) in [5.41, 5.74) is 1.73. The molecule has 2 N–H and O–H groups in total. The molecule has 0 radical (unpaired) electrons. The highest BCUT2D eigenvalue weighted by Gasteiger charge is 2.02. The Kier molecular flexibility index (Phi) is 4.15. The van der Waals surface area contributed by atoms with Crippen LogP contribution in [0.15, 0.2) is 36.4 Å². The number of rotatable bonds is 4. The summed E-state index contributed by atoms with van der Waals surface area (Å²) < 4.78 is 10.3. The Morgan fingerprint density at radius 2 is 1.60 bits per heavy atom. The van der Waals surface area contributed by atoms with Crippen LogP contribution in [-0.2, 0) is 0 Å². The van der Waals surface area contributed by atoms with E-state index in [2.05, 4.69) is 0 Å². The van der Waals surface area contributed by atoms with Crippen LogP contribution in [0.3, 0.4) is 0 Å². The molecular weight excluding hydrogens is 256 g/mol. The molecule has 0 heterocycles. The second kappa shape index (κ2) is 6.02. The van der Waals surface area contributed by atoms with Crippen LogP contribution in [0.5, 0.6) is 23.0 Å². The molecule has 0 aliphatic rings. The molecule has 0 saturated carbocycles. The fourth-order valence-corrected chi connectivity index (χ4v) is 1.82. The van der Waals surface area contributed by atoms with Gasteiger partial charge in [0.25, 0.3) is 0 Å². The fourth-order valence-electron chi connectivity index (χ4n) is 1.82. The molecule has 0 bridgehead atoms. The molecule has 0 unspecified atom stereocenters. The summed E-state index contributed by atoms with van der Waals surface area (Å²) in [7, 11) is 3.06. The van der Waals surface area contributed by atoms with E-state index in [1.165, 1.54) is 7.11 Å². The molecule has 2 rings (SSSR count). The first-order valence-electron chi connectivity index (χ1n) is 6.06. The summed E-state index contributed by atoms with van der Waals surface area (Å²) in [4.78, 5) is 0. The maximum Gasteiger partial charge on any atom is 0.161 e. The van der Waals surface area contributed by atoms with Gasteiger partial charge in [-0.1, -0.05) is 18.2 Å². The molecule has 4 nitrogen and oxygen atoms in total. The molecule has 0 aliphatic heterocycles. The zero-order valence-corrected chi connectivity index (χ0v) is 11.3. The minimum absolute atomic E-state index is 0.104. The number of hydrogen-bond donors (Lipinski definition) is 2. The molecule has 0 saturated heterocycles. The van der Waals surface area contributed by atoms with Crippen LogP contribution >= 0.6 is 0 Å². The van der Waals surface area contributed by atoms with Crippen LogP contribution in [0.1, 0.15) is 11.1 Å². The molecular formula is C16H16O4. The predicted molar refractivity (Wildman–Crippen MR) is 78.2 cm³/mol. The van der Waals surface area contributed by atoms with Gasteiger partial charge in [0, 0.05) is 11.6 Å². The molecule has 0 amide bonds. The Labute approximate surface area is 117 Å². The average molecular weight is 272 g/mol. The minimum Gasteiger partial charge on any atom is -0.508 e. The van der Waals surface area contributed by atoms with Crippen molar-refractivity contribution in [2.75, 3.05) is 14.2 Å². The van der Waals surface area contributed by atoms with Crippen molar-refractivity contribution in [2.45, 2.75) is 0 Å². The summed E-state index contributed by atoms with van der Waals surface area (Å²) >= 11 is 0. The molecule has 0 fully saturated rings. The molecule has 0 aromatic heterocycles. The molecule has 20 heavy (non-hydrogen) atoms. The molecule has 2 aromatic carbocycles. The van der Waals surface area contributed by atoms with Gasteiger partial charge in [0.05, 0.1) is 14.2 Å². The first-order valence-corrected chi connectivity index (χ1v) is 6.06. The van der Waals surface area contributed by atoms with Crippen molar-refractivity contribution in [3.05, 3.63) is 47.5 Å². The lowest BCUT2D eigenvalue weighted by Crippen LogP contribution is -1.86. The minimum atomic E-state index is 0.104. The van der Waals surface area contributed by atoms with E-state index in [4.69, 9.17) is 9.47 Å². The molecule has 4 heteroatoms. The Balaban J connectivity index is 2.29. The largest absolute Gasteiger partial charge is 0.508 e. The topological polar surface area (TPSA) is 58.9 Å². The van der Waals surface area contributed by atoms with Crippen LogP contribution in [0.4, 0.5) is 0 Å². The van der Waals surface area contributed by atoms with E-state index in [-0.39, 0.29) is 11.5 Å². The van der Waals surface area contributed by atoms with Crippen LogP contribution < -0.4 is 9.47 Å². The van der Waals surface area contributed by atoms with Gasteiger partial charge in [-0.05, 0) is 29.8 Å². The third-order valence-electron chi connectivity index (χ3n) is 2.88. The summed E-state index contributed by atoms with van der Waals surface area (Å²) in [5.74, 6) is 1.27. The van der Waals surface area contributed by atoms with E-state index in [1.54, 1.807) is 43.5 Å². The number of aromatic hydroxyl groups is 2. The zero-order valence-electron chi connectivity index (χ0n) is 11.3. The van der Waals surface area contributed by atoms with Gasteiger partial charge in [-0.3, -0.25) is 0 Å². The van der Waals surface area contributed by atoms with E-state index >= 15 is 0 Å². The normalized spacial score (nSPS) is 10.7. The maximum atomic E-state index is 9.54. The van der Waals surface area contributed by atoms with Gasteiger partial charge in [-0.25, -0.2) is 0 Å². The Morgan fingerprint density at radius 3 is 2.30 bits per heavy atom. The fraction of sp³-hybridized carbons (Fsp3) is 0.125. The number of methoxy groups -OCH3 is 2. The lowest BCUT2D eigenvalue weighted by molar-refractivity contribution is 0.373. The van der Waals surface area contributed by atoms with Crippen molar-refractivity contribution >= 4 is 12.2 Å². The second-order valence-corrected chi connectivity index (χ2v) is 4.19. The number of phenols is 2. The van der Waals surface area contributed by atoms with Crippen molar-refractivity contribution in [1.82, 2.24) is 0 Å². The van der Waals surface area contributed by atoms with E-state index in [0.717, 1.165) is 11.1 Å². The molecule has 2 aromatic rings. The SMILES string of the molecule is COc1cc(C=Cc2ccc(O)cc2OC)ccc1O. The van der Waals surface area contributed by atoms with E-state index < -0.39 is 0 Å². The van der Waals surface area contributed by atoms with Crippen molar-refractivity contribution < 1.29 is 19.7 Å². The Hall–Kier alpha value is -2.62. The maximum absolute atomic E-state index is 9.54. The van der Waals surface area contributed by atoms with Gasteiger partial charge in [-0.2, -0.15) is 0 Å². The molecule has 104 valence electrons. The average Bonchev–Trinajstić information content (AvgIpc) is 2.47. The van der Waals surface area contributed by atoms with E-state index in [9.17, 15) is 10.2 Å². The van der Waals surface area contributed by atoms with Crippen LogP contribution in [0, 0.1) is 0 Å². The molecule has 0 aliphatic carbocycles. The van der Waals surface area contributed by atoms with Gasteiger partial charge < -0.3 is 19.7 Å². The Bertz CT molecular complexity index is 632. The lowest BCUT2D eigenvalue weighted by Gasteiger charge is -2.06. The summed E-state index contributed by atoms with van der Waals surface area (Å²) in [6.45, 7) is 0. The number of benzene rings is 2. The highest BCUT2D eigenvalue weighted by Crippen LogP contribution is 2.28.